The molecule has 28 heavy (non-hydrogen) atoms. The third kappa shape index (κ3) is 3.64. The Morgan fingerprint density at radius 2 is 1.96 bits per heavy atom. The molecule has 8 nitrogen and oxygen atoms in total. The molecule has 0 saturated heterocycles. The number of carbonyl (C=O) groups excluding carboxylic acids is 1. The van der Waals surface area contributed by atoms with Gasteiger partial charge in [-0.1, -0.05) is 11.2 Å². The summed E-state index contributed by atoms with van der Waals surface area (Å²) in [5, 5.41) is 25.6. The number of carboxylic acid groups (broad SMARTS) is 1. The van der Waals surface area contributed by atoms with Gasteiger partial charge in [0.15, 0.2) is 11.4 Å². The van der Waals surface area contributed by atoms with Crippen molar-refractivity contribution in [2.45, 2.75) is 26.3 Å². The zero-order valence-electron chi connectivity index (χ0n) is 15.6. The molecular weight excluding hydrogens is 360 g/mol. The number of hydrogen-bond donors (Lipinski definition) is 2. The van der Waals surface area contributed by atoms with Crippen molar-refractivity contribution < 1.29 is 19.2 Å². The molecule has 3 rings (SSSR count). The van der Waals surface area contributed by atoms with Crippen LogP contribution in [0.15, 0.2) is 47.0 Å². The summed E-state index contributed by atoms with van der Waals surface area (Å²) in [4.78, 5) is 25.4. The number of hydrogen-bond acceptors (Lipinski definition) is 5. The third-order valence-corrected chi connectivity index (χ3v) is 4.06. The highest BCUT2D eigenvalue weighted by atomic mass is 16.5. The van der Waals surface area contributed by atoms with Gasteiger partial charge in [-0.15, -0.1) is 0 Å². The number of nitrogens with zero attached hydrogens (tertiary/aromatic N) is 3. The number of rotatable bonds is 3. The Bertz CT molecular complexity index is 1110. The minimum Gasteiger partial charge on any atom is -0.465 e. The normalized spacial score (nSPS) is 11.1. The van der Waals surface area contributed by atoms with Gasteiger partial charge in [0.25, 0.3) is 5.91 Å². The lowest BCUT2D eigenvalue weighted by atomic mass is 10.0. The van der Waals surface area contributed by atoms with E-state index in [-0.39, 0.29) is 5.82 Å². The van der Waals surface area contributed by atoms with E-state index in [4.69, 9.17) is 9.78 Å². The lowest BCUT2D eigenvalue weighted by molar-refractivity contribution is 0.102. The lowest BCUT2D eigenvalue weighted by Gasteiger charge is -2.33. The van der Waals surface area contributed by atoms with Gasteiger partial charge in [-0.05, 0) is 57.2 Å². The zero-order chi connectivity index (χ0) is 20.5. The van der Waals surface area contributed by atoms with Gasteiger partial charge in [0.1, 0.15) is 0 Å². The summed E-state index contributed by atoms with van der Waals surface area (Å²) in [7, 11) is 0. The number of fused-ring (bicyclic) bond motifs is 1. The highest BCUT2D eigenvalue weighted by Crippen LogP contribution is 2.31. The fourth-order valence-corrected chi connectivity index (χ4v) is 2.85. The van der Waals surface area contributed by atoms with Crippen LogP contribution in [-0.2, 0) is 0 Å². The van der Waals surface area contributed by atoms with E-state index in [0.29, 0.717) is 27.8 Å². The summed E-state index contributed by atoms with van der Waals surface area (Å²) in [6, 6.07) is 13.1. The molecule has 142 valence electrons. The van der Waals surface area contributed by atoms with Gasteiger partial charge in [0.05, 0.1) is 17.0 Å². The van der Waals surface area contributed by atoms with E-state index < -0.39 is 17.5 Å². The van der Waals surface area contributed by atoms with E-state index in [1.165, 1.54) is 11.0 Å². The van der Waals surface area contributed by atoms with Gasteiger partial charge in [-0.2, -0.15) is 5.26 Å². The summed E-state index contributed by atoms with van der Waals surface area (Å²) in [6.07, 6.45) is -1.10. The van der Waals surface area contributed by atoms with E-state index in [2.05, 4.69) is 10.5 Å². The van der Waals surface area contributed by atoms with Crippen LogP contribution in [0.5, 0.6) is 0 Å². The second-order valence-corrected chi connectivity index (χ2v) is 7.15. The largest absolute Gasteiger partial charge is 0.465 e. The van der Waals surface area contributed by atoms with Gasteiger partial charge in [0, 0.05) is 16.8 Å². The number of carbonyl (C=O) groups is 2. The van der Waals surface area contributed by atoms with Crippen LogP contribution in [0.1, 0.15) is 36.7 Å². The van der Waals surface area contributed by atoms with E-state index in [0.717, 1.165) is 0 Å². The SMILES string of the molecule is CC(C)(C)N(C(=O)O)c1ccc2onc(NC(=O)c3cccc(C#N)c3)c2c1. The molecule has 1 heterocycles. The quantitative estimate of drug-likeness (QED) is 0.703. The Morgan fingerprint density at radius 3 is 2.61 bits per heavy atom. The summed E-state index contributed by atoms with van der Waals surface area (Å²) in [6.45, 7) is 5.34. The van der Waals surface area contributed by atoms with E-state index in [1.54, 1.807) is 57.2 Å². The Hall–Kier alpha value is -3.86. The van der Waals surface area contributed by atoms with E-state index in [9.17, 15) is 14.7 Å². The molecule has 0 saturated carbocycles. The molecule has 0 spiro atoms. The molecule has 0 fully saturated rings. The van der Waals surface area contributed by atoms with Crippen molar-refractivity contribution in [3.63, 3.8) is 0 Å². The Morgan fingerprint density at radius 1 is 1.21 bits per heavy atom. The molecule has 0 aliphatic carbocycles. The molecular formula is C20H18N4O4. The Balaban J connectivity index is 1.98. The fraction of sp³-hybridized carbons (Fsp3) is 0.200. The minimum atomic E-state index is -1.10. The maximum absolute atomic E-state index is 12.5. The highest BCUT2D eigenvalue weighted by Gasteiger charge is 2.28. The van der Waals surface area contributed by atoms with Crippen molar-refractivity contribution in [3.05, 3.63) is 53.6 Å². The number of nitriles is 1. The number of anilines is 2. The van der Waals surface area contributed by atoms with Crippen LogP contribution in [0.2, 0.25) is 0 Å². The first-order chi connectivity index (χ1) is 13.2. The van der Waals surface area contributed by atoms with Crippen LogP contribution in [0.3, 0.4) is 0 Å². The van der Waals surface area contributed by atoms with E-state index in [1.807, 2.05) is 6.07 Å². The van der Waals surface area contributed by atoms with Gasteiger partial charge in [-0.25, -0.2) is 4.79 Å². The molecule has 1 aromatic heterocycles. The predicted octanol–water partition coefficient (Wildman–Crippen LogP) is 4.23. The first kappa shape index (κ1) is 18.9. The summed E-state index contributed by atoms with van der Waals surface area (Å²) in [5.74, 6) is -0.285. The molecule has 0 bridgehead atoms. The van der Waals surface area contributed by atoms with Crippen molar-refractivity contribution in [1.29, 1.82) is 5.26 Å². The molecule has 0 radical (unpaired) electrons. The van der Waals surface area contributed by atoms with Crippen molar-refractivity contribution in [2.75, 3.05) is 10.2 Å². The topological polar surface area (TPSA) is 119 Å². The van der Waals surface area contributed by atoms with E-state index >= 15 is 0 Å². The van der Waals surface area contributed by atoms with Crippen molar-refractivity contribution in [3.8, 4) is 6.07 Å². The highest BCUT2D eigenvalue weighted by molar-refractivity contribution is 6.08. The van der Waals surface area contributed by atoms with Gasteiger partial charge in [0.2, 0.25) is 0 Å². The van der Waals surface area contributed by atoms with Crippen LogP contribution in [0.4, 0.5) is 16.3 Å². The average Bonchev–Trinajstić information content (AvgIpc) is 3.02. The summed E-state index contributed by atoms with van der Waals surface area (Å²) in [5.41, 5.74) is 0.829. The number of benzene rings is 2. The molecule has 8 heteroatoms. The van der Waals surface area contributed by atoms with Crippen molar-refractivity contribution in [2.24, 2.45) is 0 Å². The smallest absolute Gasteiger partial charge is 0.412 e. The molecule has 2 N–H and O–H groups in total. The van der Waals surface area contributed by atoms with Crippen molar-refractivity contribution in [1.82, 2.24) is 5.16 Å². The molecule has 0 unspecified atom stereocenters. The third-order valence-electron chi connectivity index (χ3n) is 4.06. The van der Waals surface area contributed by atoms with Crippen LogP contribution < -0.4 is 10.2 Å². The molecule has 2 amide bonds. The lowest BCUT2D eigenvalue weighted by Crippen LogP contribution is -2.45. The fourth-order valence-electron chi connectivity index (χ4n) is 2.85. The summed E-state index contributed by atoms with van der Waals surface area (Å²) < 4.78 is 5.23. The van der Waals surface area contributed by atoms with Gasteiger partial charge >= 0.3 is 6.09 Å². The minimum absolute atomic E-state index is 0.170. The first-order valence-corrected chi connectivity index (χ1v) is 8.45. The van der Waals surface area contributed by atoms with Crippen LogP contribution in [-0.4, -0.2) is 27.8 Å². The molecule has 0 aliphatic rings. The monoisotopic (exact) mass is 378 g/mol. The predicted molar refractivity (Wildman–Crippen MR) is 103 cm³/mol. The first-order valence-electron chi connectivity index (χ1n) is 8.45. The Kier molecular flexibility index (Phi) is 4.76. The number of nitrogens with one attached hydrogen (secondary N) is 1. The standard InChI is InChI=1S/C20H18N4O4/c1-20(2,3)24(19(26)27)14-7-8-16-15(10-14)17(23-28-16)22-18(25)13-6-4-5-12(9-13)11-21/h4-10H,1-3H3,(H,26,27)(H,22,23,25). The molecule has 2 aromatic carbocycles. The van der Waals surface area contributed by atoms with Gasteiger partial charge in [-0.3, -0.25) is 9.69 Å². The van der Waals surface area contributed by atoms with Crippen LogP contribution >= 0.6 is 0 Å². The number of aromatic nitrogens is 1. The second-order valence-electron chi connectivity index (χ2n) is 7.15. The van der Waals surface area contributed by atoms with Crippen LogP contribution in [0, 0.1) is 11.3 Å². The zero-order valence-corrected chi connectivity index (χ0v) is 15.6. The molecule has 0 atom stereocenters. The number of amides is 2. The summed E-state index contributed by atoms with van der Waals surface area (Å²) >= 11 is 0. The second kappa shape index (κ2) is 7.04. The average molecular weight is 378 g/mol. The van der Waals surface area contributed by atoms with Gasteiger partial charge < -0.3 is 14.9 Å². The maximum Gasteiger partial charge on any atom is 0.412 e. The molecule has 3 aromatic rings. The van der Waals surface area contributed by atoms with Crippen molar-refractivity contribution >= 4 is 34.5 Å². The molecule has 0 aliphatic heterocycles. The Labute approximate surface area is 161 Å². The van der Waals surface area contributed by atoms with Crippen LogP contribution in [0.25, 0.3) is 11.0 Å². The maximum atomic E-state index is 12.5.